The number of rotatable bonds is 7. The van der Waals surface area contributed by atoms with Gasteiger partial charge >= 0.3 is 6.09 Å². The first kappa shape index (κ1) is 18.8. The molecule has 0 saturated carbocycles. The van der Waals surface area contributed by atoms with E-state index in [-0.39, 0.29) is 29.9 Å². The number of carbonyl (C=O) groups is 1. The van der Waals surface area contributed by atoms with Crippen LogP contribution in [-0.4, -0.2) is 27.4 Å². The van der Waals surface area contributed by atoms with E-state index in [2.05, 4.69) is 10.2 Å². The van der Waals surface area contributed by atoms with Gasteiger partial charge in [0.2, 0.25) is 0 Å². The smallest absolute Gasteiger partial charge is 0.412 e. The number of amides is 1. The molecule has 2 rings (SSSR count). The molecule has 0 aliphatic heterocycles. The second-order valence-corrected chi connectivity index (χ2v) is 5.60. The molecule has 138 valence electrons. The van der Waals surface area contributed by atoms with Crippen molar-refractivity contribution in [3.05, 3.63) is 63.7 Å². The van der Waals surface area contributed by atoms with Gasteiger partial charge in [0, 0.05) is 6.04 Å². The molecule has 9 heteroatoms. The Hall–Kier alpha value is -3.49. The van der Waals surface area contributed by atoms with Crippen molar-refractivity contribution < 1.29 is 29.7 Å². The largest absolute Gasteiger partial charge is 0.504 e. The Morgan fingerprint density at radius 3 is 2.42 bits per heavy atom. The fourth-order valence-electron chi connectivity index (χ4n) is 2.22. The van der Waals surface area contributed by atoms with Crippen LogP contribution in [0.3, 0.4) is 0 Å². The highest BCUT2D eigenvalue weighted by Crippen LogP contribution is 2.25. The Morgan fingerprint density at radius 1 is 1.15 bits per heavy atom. The van der Waals surface area contributed by atoms with Crippen LogP contribution in [0, 0.1) is 10.1 Å². The number of nitrogens with zero attached hydrogens (tertiary/aromatic N) is 1. The van der Waals surface area contributed by atoms with Crippen LogP contribution in [0.4, 0.5) is 4.79 Å². The van der Waals surface area contributed by atoms with Crippen molar-refractivity contribution in [3.8, 4) is 17.2 Å². The second-order valence-electron chi connectivity index (χ2n) is 5.60. The molecular weight excluding hydrogens is 344 g/mol. The molecule has 3 N–H and O–H groups in total. The lowest BCUT2D eigenvalue weighted by atomic mass is 10.1. The molecule has 9 nitrogen and oxygen atoms in total. The molecule has 1 amide bonds. The number of nitrogens with one attached hydrogen (secondary N) is 1. The Bertz CT molecular complexity index is 777. The van der Waals surface area contributed by atoms with Crippen molar-refractivity contribution in [2.45, 2.75) is 26.0 Å². The molecule has 0 aromatic heterocycles. The quantitative estimate of drug-likeness (QED) is 0.392. The van der Waals surface area contributed by atoms with Gasteiger partial charge in [0.05, 0.1) is 0 Å². The van der Waals surface area contributed by atoms with Crippen molar-refractivity contribution >= 4 is 6.09 Å². The van der Waals surface area contributed by atoms with Gasteiger partial charge in [0.1, 0.15) is 12.4 Å². The van der Waals surface area contributed by atoms with E-state index in [1.807, 2.05) is 0 Å². The van der Waals surface area contributed by atoms with Crippen LogP contribution < -0.4 is 10.1 Å². The third-order valence-electron chi connectivity index (χ3n) is 3.42. The van der Waals surface area contributed by atoms with E-state index >= 15 is 0 Å². The molecule has 0 saturated heterocycles. The van der Waals surface area contributed by atoms with Crippen LogP contribution in [0.15, 0.2) is 42.5 Å². The van der Waals surface area contributed by atoms with Crippen LogP contribution in [0.5, 0.6) is 17.2 Å². The van der Waals surface area contributed by atoms with E-state index in [1.54, 1.807) is 25.1 Å². The van der Waals surface area contributed by atoms with Crippen molar-refractivity contribution in [2.24, 2.45) is 0 Å². The first-order valence-corrected chi connectivity index (χ1v) is 7.69. The Balaban J connectivity index is 1.83. The van der Waals surface area contributed by atoms with Gasteiger partial charge in [0.15, 0.2) is 11.5 Å². The standard InChI is InChI=1S/C17H18N2O7/c1-11(8-13-4-7-15(20)16(21)9-13)18-17(22)26-14-5-2-12(3-6-14)10-25-19(23)24/h2-7,9,11,20-21H,8,10H2,1H3,(H,18,22). The summed E-state index contributed by atoms with van der Waals surface area (Å²) in [4.78, 5) is 26.3. The molecule has 0 heterocycles. The second kappa shape index (κ2) is 8.56. The number of aromatic hydroxyl groups is 2. The molecular formula is C17H18N2O7. The van der Waals surface area contributed by atoms with Gasteiger partial charge in [0.25, 0.3) is 5.09 Å². The Labute approximate surface area is 148 Å². The zero-order valence-corrected chi connectivity index (χ0v) is 13.9. The summed E-state index contributed by atoms with van der Waals surface area (Å²) in [5.74, 6) is -0.152. The van der Waals surface area contributed by atoms with Crippen molar-refractivity contribution in [1.82, 2.24) is 5.32 Å². The summed E-state index contributed by atoms with van der Waals surface area (Å²) in [6, 6.07) is 10.3. The highest BCUT2D eigenvalue weighted by Gasteiger charge is 2.11. The molecule has 0 bridgehead atoms. The van der Waals surface area contributed by atoms with Gasteiger partial charge in [-0.1, -0.05) is 18.2 Å². The number of hydrogen-bond acceptors (Lipinski definition) is 7. The van der Waals surface area contributed by atoms with E-state index in [0.717, 1.165) is 5.56 Å². The van der Waals surface area contributed by atoms with Crippen LogP contribution in [0.1, 0.15) is 18.1 Å². The zero-order chi connectivity index (χ0) is 19.1. The van der Waals surface area contributed by atoms with Gasteiger partial charge in [-0.05, 0) is 48.7 Å². The normalized spacial score (nSPS) is 11.4. The average molecular weight is 362 g/mol. The maximum absolute atomic E-state index is 11.9. The third kappa shape index (κ3) is 5.86. The van der Waals surface area contributed by atoms with Gasteiger partial charge in [-0.25, -0.2) is 4.79 Å². The number of hydrogen-bond donors (Lipinski definition) is 3. The molecule has 0 radical (unpaired) electrons. The molecule has 0 fully saturated rings. The van der Waals surface area contributed by atoms with Crippen LogP contribution in [0.25, 0.3) is 0 Å². The minimum atomic E-state index is -0.882. The minimum Gasteiger partial charge on any atom is -0.504 e. The van der Waals surface area contributed by atoms with Crippen molar-refractivity contribution in [2.75, 3.05) is 0 Å². The molecule has 1 atom stereocenters. The molecule has 0 aliphatic rings. The molecule has 2 aromatic rings. The summed E-state index contributed by atoms with van der Waals surface area (Å²) >= 11 is 0. The summed E-state index contributed by atoms with van der Waals surface area (Å²) in [6.07, 6.45) is -0.227. The average Bonchev–Trinajstić information content (AvgIpc) is 2.57. The fourth-order valence-corrected chi connectivity index (χ4v) is 2.22. The molecule has 0 spiro atoms. The molecule has 0 aliphatic carbocycles. The lowest BCUT2D eigenvalue weighted by Gasteiger charge is -2.14. The van der Waals surface area contributed by atoms with E-state index in [4.69, 9.17) is 4.74 Å². The first-order chi connectivity index (χ1) is 12.3. The summed E-state index contributed by atoms with van der Waals surface area (Å²) in [5, 5.41) is 30.7. The molecule has 1 unspecified atom stereocenters. The van der Waals surface area contributed by atoms with E-state index in [1.165, 1.54) is 24.3 Å². The van der Waals surface area contributed by atoms with E-state index in [0.29, 0.717) is 12.0 Å². The molecule has 26 heavy (non-hydrogen) atoms. The fraction of sp³-hybridized carbons (Fsp3) is 0.235. The van der Waals surface area contributed by atoms with Gasteiger partial charge in [-0.15, -0.1) is 10.1 Å². The summed E-state index contributed by atoms with van der Waals surface area (Å²) in [7, 11) is 0. The maximum Gasteiger partial charge on any atom is 0.412 e. The zero-order valence-electron chi connectivity index (χ0n) is 13.9. The molecule has 2 aromatic carbocycles. The highest BCUT2D eigenvalue weighted by molar-refractivity contribution is 5.70. The first-order valence-electron chi connectivity index (χ1n) is 7.69. The Morgan fingerprint density at radius 2 is 1.81 bits per heavy atom. The van der Waals surface area contributed by atoms with Crippen molar-refractivity contribution in [1.29, 1.82) is 0 Å². The van der Waals surface area contributed by atoms with E-state index < -0.39 is 11.2 Å². The lowest BCUT2D eigenvalue weighted by molar-refractivity contribution is -0.763. The van der Waals surface area contributed by atoms with Crippen LogP contribution >= 0.6 is 0 Å². The van der Waals surface area contributed by atoms with Crippen LogP contribution in [-0.2, 0) is 17.9 Å². The van der Waals surface area contributed by atoms with Crippen molar-refractivity contribution in [3.63, 3.8) is 0 Å². The number of carbonyl (C=O) groups excluding carboxylic acids is 1. The monoisotopic (exact) mass is 362 g/mol. The van der Waals surface area contributed by atoms with Gasteiger partial charge in [-0.2, -0.15) is 0 Å². The van der Waals surface area contributed by atoms with Gasteiger partial charge in [-0.3, -0.25) is 0 Å². The number of phenols is 2. The topological polar surface area (TPSA) is 131 Å². The lowest BCUT2D eigenvalue weighted by Crippen LogP contribution is -2.36. The number of benzene rings is 2. The SMILES string of the molecule is CC(Cc1ccc(O)c(O)c1)NC(=O)Oc1ccc(CO[N+](=O)[O-])cc1. The maximum atomic E-state index is 11.9. The van der Waals surface area contributed by atoms with Gasteiger partial charge < -0.3 is 25.1 Å². The predicted molar refractivity (Wildman–Crippen MR) is 90.3 cm³/mol. The summed E-state index contributed by atoms with van der Waals surface area (Å²) in [5.41, 5.74) is 1.30. The minimum absolute atomic E-state index is 0.185. The van der Waals surface area contributed by atoms with E-state index in [9.17, 15) is 25.1 Å². The van der Waals surface area contributed by atoms with Crippen LogP contribution in [0.2, 0.25) is 0 Å². The predicted octanol–water partition coefficient (Wildman–Crippen LogP) is 2.53. The highest BCUT2D eigenvalue weighted by atomic mass is 16.9. The Kier molecular flexibility index (Phi) is 6.20. The summed E-state index contributed by atoms with van der Waals surface area (Å²) < 4.78 is 5.13. The number of phenolic OH excluding ortho intramolecular Hbond substituents is 2. The number of ether oxygens (including phenoxy) is 1. The third-order valence-corrected chi connectivity index (χ3v) is 3.42. The summed E-state index contributed by atoms with van der Waals surface area (Å²) in [6.45, 7) is 1.58.